The molecule has 0 bridgehead atoms. The van der Waals surface area contributed by atoms with Gasteiger partial charge in [0.05, 0.1) is 7.11 Å². The third-order valence-electron chi connectivity index (χ3n) is 3.94. The Labute approximate surface area is 161 Å². The molecule has 2 aromatic rings. The number of carbonyl (C=O) groups is 1. The van der Waals surface area contributed by atoms with E-state index in [2.05, 4.69) is 22.0 Å². The molecule has 0 fully saturated rings. The number of para-hydroxylation sites is 1. The maximum absolute atomic E-state index is 11.5. The number of carbonyl (C=O) groups excluding carboxylic acids is 1. The van der Waals surface area contributed by atoms with E-state index in [1.54, 1.807) is 11.8 Å². The number of anilines is 1. The number of ether oxygens (including phenoxy) is 2. The minimum Gasteiger partial charge on any atom is -0.484 e. The third kappa shape index (κ3) is 4.31. The first-order valence-electron chi connectivity index (χ1n) is 8.19. The number of hydrogen-bond donors (Lipinski definition) is 1. The molecule has 3 rings (SSSR count). The number of aryl methyl sites for hydroxylation is 1. The summed E-state index contributed by atoms with van der Waals surface area (Å²) in [5.41, 5.74) is 3.51. The van der Waals surface area contributed by atoms with Gasteiger partial charge in [-0.1, -0.05) is 36.7 Å². The number of amides is 1. The van der Waals surface area contributed by atoms with Gasteiger partial charge in [0, 0.05) is 16.5 Å². The minimum atomic E-state index is -0.490. The second-order valence-corrected chi connectivity index (χ2v) is 7.08. The Morgan fingerprint density at radius 3 is 2.92 bits per heavy atom. The van der Waals surface area contributed by atoms with E-state index in [9.17, 15) is 4.79 Å². The van der Waals surface area contributed by atoms with E-state index in [-0.39, 0.29) is 0 Å². The predicted octanol–water partition coefficient (Wildman–Crippen LogP) is 5.44. The van der Waals surface area contributed by atoms with Crippen molar-refractivity contribution in [2.24, 2.45) is 4.99 Å². The quantitative estimate of drug-likeness (QED) is 0.755. The van der Waals surface area contributed by atoms with Crippen LogP contribution in [0.25, 0.3) is 0 Å². The fraction of sp³-hybridized carbons (Fsp3) is 0.263. The van der Waals surface area contributed by atoms with Crippen LogP contribution in [-0.2, 0) is 16.9 Å². The van der Waals surface area contributed by atoms with Crippen molar-refractivity contribution in [3.63, 3.8) is 0 Å². The van der Waals surface area contributed by atoms with Crippen molar-refractivity contribution >= 4 is 45.9 Å². The van der Waals surface area contributed by atoms with E-state index < -0.39 is 6.09 Å². The van der Waals surface area contributed by atoms with Crippen LogP contribution in [-0.4, -0.2) is 24.9 Å². The fourth-order valence-electron chi connectivity index (χ4n) is 2.53. The molecule has 0 unspecified atom stereocenters. The fourth-order valence-corrected chi connectivity index (χ4v) is 3.70. The molecule has 2 aromatic carbocycles. The molecule has 1 amide bonds. The molecule has 0 saturated carbocycles. The van der Waals surface area contributed by atoms with Crippen molar-refractivity contribution in [3.8, 4) is 5.75 Å². The van der Waals surface area contributed by atoms with E-state index in [4.69, 9.17) is 16.3 Å². The number of benzene rings is 2. The summed E-state index contributed by atoms with van der Waals surface area (Å²) in [5.74, 6) is 1.42. The molecule has 0 radical (unpaired) electrons. The van der Waals surface area contributed by atoms with E-state index in [1.165, 1.54) is 7.11 Å². The van der Waals surface area contributed by atoms with Crippen LogP contribution in [0.15, 0.2) is 41.4 Å². The lowest BCUT2D eigenvalue weighted by Crippen LogP contribution is -2.14. The number of halogens is 1. The van der Waals surface area contributed by atoms with Crippen LogP contribution in [0, 0.1) is 0 Å². The van der Waals surface area contributed by atoms with E-state index in [1.807, 2.05) is 36.4 Å². The molecule has 0 aliphatic carbocycles. The summed E-state index contributed by atoms with van der Waals surface area (Å²) >= 11 is 7.85. The van der Waals surface area contributed by atoms with Crippen LogP contribution < -0.4 is 10.1 Å². The Morgan fingerprint density at radius 2 is 2.15 bits per heavy atom. The SMILES string of the molecule is CCc1cc2c(cc1Cl)N=C(SCc1ccccc1NC(=O)OC)CO2. The molecule has 5 nitrogen and oxygen atoms in total. The van der Waals surface area contributed by atoms with Gasteiger partial charge in [-0.25, -0.2) is 9.79 Å². The smallest absolute Gasteiger partial charge is 0.411 e. The van der Waals surface area contributed by atoms with Gasteiger partial charge in [0.1, 0.15) is 23.1 Å². The number of methoxy groups -OCH3 is 1. The zero-order valence-electron chi connectivity index (χ0n) is 14.5. The van der Waals surface area contributed by atoms with Crippen molar-refractivity contribution in [3.05, 3.63) is 52.5 Å². The number of fused-ring (bicyclic) bond motifs is 1. The molecule has 0 aromatic heterocycles. The molecule has 1 heterocycles. The Bertz CT molecular complexity index is 855. The Kier molecular flexibility index (Phi) is 6.06. The zero-order valence-corrected chi connectivity index (χ0v) is 16.1. The van der Waals surface area contributed by atoms with Crippen LogP contribution in [0.2, 0.25) is 5.02 Å². The van der Waals surface area contributed by atoms with Crippen molar-refractivity contribution in [1.29, 1.82) is 0 Å². The summed E-state index contributed by atoms with van der Waals surface area (Å²) in [6.45, 7) is 2.48. The van der Waals surface area contributed by atoms with Crippen molar-refractivity contribution in [2.75, 3.05) is 19.0 Å². The number of rotatable bonds is 4. The summed E-state index contributed by atoms with van der Waals surface area (Å²) in [5, 5.41) is 4.29. The first kappa shape index (κ1) is 18.6. The molecule has 1 aliphatic heterocycles. The van der Waals surface area contributed by atoms with Gasteiger partial charge >= 0.3 is 6.09 Å². The molecule has 26 heavy (non-hydrogen) atoms. The second kappa shape index (κ2) is 8.47. The number of thioether (sulfide) groups is 1. The average molecular weight is 391 g/mol. The van der Waals surface area contributed by atoms with Crippen LogP contribution in [0.4, 0.5) is 16.2 Å². The van der Waals surface area contributed by atoms with Crippen LogP contribution in [0.1, 0.15) is 18.1 Å². The first-order valence-corrected chi connectivity index (χ1v) is 9.55. The van der Waals surface area contributed by atoms with Gasteiger partial charge in [0.15, 0.2) is 0 Å². The lowest BCUT2D eigenvalue weighted by Gasteiger charge is -2.18. The first-order chi connectivity index (χ1) is 12.6. The minimum absolute atomic E-state index is 0.426. The topological polar surface area (TPSA) is 59.9 Å². The third-order valence-corrected chi connectivity index (χ3v) is 5.29. The number of nitrogens with one attached hydrogen (secondary N) is 1. The maximum Gasteiger partial charge on any atom is 0.411 e. The van der Waals surface area contributed by atoms with Crippen LogP contribution in [0.3, 0.4) is 0 Å². The Balaban J connectivity index is 1.73. The Hall–Kier alpha value is -2.18. The van der Waals surface area contributed by atoms with Gasteiger partial charge < -0.3 is 9.47 Å². The Morgan fingerprint density at radius 1 is 1.35 bits per heavy atom. The highest BCUT2D eigenvalue weighted by molar-refractivity contribution is 8.13. The molecule has 1 N–H and O–H groups in total. The van der Waals surface area contributed by atoms with Crippen molar-refractivity contribution < 1.29 is 14.3 Å². The van der Waals surface area contributed by atoms with Crippen LogP contribution in [0.5, 0.6) is 5.75 Å². The lowest BCUT2D eigenvalue weighted by molar-refractivity contribution is 0.187. The summed E-state index contributed by atoms with van der Waals surface area (Å²) in [4.78, 5) is 16.1. The van der Waals surface area contributed by atoms with Gasteiger partial charge in [0.2, 0.25) is 0 Å². The van der Waals surface area contributed by atoms with Gasteiger partial charge in [-0.3, -0.25) is 5.32 Å². The highest BCUT2D eigenvalue weighted by atomic mass is 35.5. The monoisotopic (exact) mass is 390 g/mol. The lowest BCUT2D eigenvalue weighted by atomic mass is 10.1. The summed E-state index contributed by atoms with van der Waals surface area (Å²) in [7, 11) is 1.34. The number of aliphatic imine (C=N–C) groups is 1. The summed E-state index contributed by atoms with van der Waals surface area (Å²) < 4.78 is 10.5. The van der Waals surface area contributed by atoms with Crippen molar-refractivity contribution in [2.45, 2.75) is 19.1 Å². The molecule has 0 spiro atoms. The molecule has 1 aliphatic rings. The molecule has 136 valence electrons. The number of nitrogens with zero attached hydrogens (tertiary/aromatic N) is 1. The van der Waals surface area contributed by atoms with E-state index in [0.717, 1.165) is 39.7 Å². The molecular weight excluding hydrogens is 372 g/mol. The highest BCUT2D eigenvalue weighted by Crippen LogP contribution is 2.37. The van der Waals surface area contributed by atoms with E-state index >= 15 is 0 Å². The largest absolute Gasteiger partial charge is 0.484 e. The van der Waals surface area contributed by atoms with Gasteiger partial charge in [-0.15, -0.1) is 11.8 Å². The number of hydrogen-bond acceptors (Lipinski definition) is 5. The van der Waals surface area contributed by atoms with Gasteiger partial charge in [-0.05, 0) is 35.7 Å². The molecule has 7 heteroatoms. The van der Waals surface area contributed by atoms with E-state index in [0.29, 0.717) is 17.4 Å². The molecular formula is C19H19ClN2O3S. The van der Waals surface area contributed by atoms with Gasteiger partial charge in [-0.2, -0.15) is 0 Å². The van der Waals surface area contributed by atoms with Crippen molar-refractivity contribution in [1.82, 2.24) is 0 Å². The van der Waals surface area contributed by atoms with Crippen LogP contribution >= 0.6 is 23.4 Å². The summed E-state index contributed by atoms with van der Waals surface area (Å²) in [6.07, 6.45) is 0.362. The normalized spacial score (nSPS) is 12.7. The van der Waals surface area contributed by atoms with Gasteiger partial charge in [0.25, 0.3) is 0 Å². The highest BCUT2D eigenvalue weighted by Gasteiger charge is 2.17. The molecule has 0 saturated heterocycles. The standard InChI is InChI=1S/C19H19ClN2O3S/c1-3-12-8-17-16(9-14(12)20)21-18(10-25-17)26-11-13-6-4-5-7-15(13)22-19(23)24-2/h4-9H,3,10-11H2,1-2H3,(H,22,23). The maximum atomic E-state index is 11.5. The second-order valence-electron chi connectivity index (χ2n) is 5.62. The molecule has 0 atom stereocenters. The summed E-state index contributed by atoms with van der Waals surface area (Å²) in [6, 6.07) is 11.4. The average Bonchev–Trinajstić information content (AvgIpc) is 2.66. The zero-order chi connectivity index (χ0) is 18.5. The predicted molar refractivity (Wildman–Crippen MR) is 107 cm³/mol.